The molecular formula is C13H17BrINO. The summed E-state index contributed by atoms with van der Waals surface area (Å²) in [6.45, 7) is 4.32. The highest BCUT2D eigenvalue weighted by molar-refractivity contribution is 14.1. The standard InChI is InChI=1S/C13H17BrINO/c1-9(2)7-12(8-14)16-13(17)10-3-5-11(15)6-4-10/h3-6,9,12H,7-8H2,1-2H3,(H,16,17). The Kier molecular flexibility index (Phi) is 6.48. The zero-order valence-corrected chi connectivity index (χ0v) is 13.8. The van der Waals surface area contributed by atoms with E-state index in [1.807, 2.05) is 24.3 Å². The molecule has 1 aromatic carbocycles. The largest absolute Gasteiger partial charge is 0.348 e. The number of halogens is 2. The van der Waals surface area contributed by atoms with Gasteiger partial charge in [-0.1, -0.05) is 29.8 Å². The van der Waals surface area contributed by atoms with Gasteiger partial charge in [-0.05, 0) is 59.2 Å². The van der Waals surface area contributed by atoms with Crippen molar-refractivity contribution >= 4 is 44.4 Å². The van der Waals surface area contributed by atoms with Crippen LogP contribution in [0.15, 0.2) is 24.3 Å². The fourth-order valence-corrected chi connectivity index (χ4v) is 2.39. The Hall–Kier alpha value is -0.100. The number of rotatable bonds is 5. The molecular weight excluding hydrogens is 393 g/mol. The molecule has 2 nitrogen and oxygen atoms in total. The topological polar surface area (TPSA) is 29.1 Å². The predicted molar refractivity (Wildman–Crippen MR) is 83.7 cm³/mol. The first-order valence-corrected chi connectivity index (χ1v) is 7.85. The molecule has 0 aliphatic heterocycles. The van der Waals surface area contributed by atoms with E-state index in [4.69, 9.17) is 0 Å². The van der Waals surface area contributed by atoms with Crippen LogP contribution >= 0.6 is 38.5 Å². The molecule has 0 aliphatic carbocycles. The van der Waals surface area contributed by atoms with Gasteiger partial charge in [0.25, 0.3) is 5.91 Å². The lowest BCUT2D eigenvalue weighted by Crippen LogP contribution is -2.37. The van der Waals surface area contributed by atoms with E-state index >= 15 is 0 Å². The van der Waals surface area contributed by atoms with Crippen molar-refractivity contribution in [3.8, 4) is 0 Å². The summed E-state index contributed by atoms with van der Waals surface area (Å²) in [4.78, 5) is 12.0. The van der Waals surface area contributed by atoms with Crippen LogP contribution in [0.2, 0.25) is 0 Å². The van der Waals surface area contributed by atoms with Crippen molar-refractivity contribution in [2.45, 2.75) is 26.3 Å². The second kappa shape index (κ2) is 7.36. The minimum absolute atomic E-state index is 0.00602. The van der Waals surface area contributed by atoms with Crippen LogP contribution in [-0.2, 0) is 0 Å². The summed E-state index contributed by atoms with van der Waals surface area (Å²) in [5.74, 6) is 0.584. The van der Waals surface area contributed by atoms with E-state index in [1.54, 1.807) is 0 Å². The molecule has 0 saturated carbocycles. The Morgan fingerprint density at radius 2 is 1.94 bits per heavy atom. The molecule has 4 heteroatoms. The summed E-state index contributed by atoms with van der Waals surface area (Å²) < 4.78 is 1.14. The summed E-state index contributed by atoms with van der Waals surface area (Å²) in [5.41, 5.74) is 0.722. The van der Waals surface area contributed by atoms with Gasteiger partial charge >= 0.3 is 0 Å². The molecule has 0 radical (unpaired) electrons. The zero-order chi connectivity index (χ0) is 12.8. The van der Waals surface area contributed by atoms with E-state index < -0.39 is 0 Å². The van der Waals surface area contributed by atoms with Crippen molar-refractivity contribution in [1.29, 1.82) is 0 Å². The highest BCUT2D eigenvalue weighted by Gasteiger charge is 2.13. The smallest absolute Gasteiger partial charge is 0.251 e. The normalized spacial score (nSPS) is 12.5. The molecule has 0 fully saturated rings. The van der Waals surface area contributed by atoms with Crippen LogP contribution < -0.4 is 5.32 Å². The van der Waals surface area contributed by atoms with Crippen LogP contribution in [0.4, 0.5) is 0 Å². The number of carbonyl (C=O) groups is 1. The van der Waals surface area contributed by atoms with Crippen molar-refractivity contribution in [3.63, 3.8) is 0 Å². The summed E-state index contributed by atoms with van der Waals surface area (Å²) in [5, 5.41) is 3.84. The molecule has 17 heavy (non-hydrogen) atoms. The van der Waals surface area contributed by atoms with E-state index in [-0.39, 0.29) is 11.9 Å². The first-order valence-electron chi connectivity index (χ1n) is 5.65. The average molecular weight is 410 g/mol. The first kappa shape index (κ1) is 15.0. The number of benzene rings is 1. The van der Waals surface area contributed by atoms with Crippen LogP contribution in [0, 0.1) is 9.49 Å². The van der Waals surface area contributed by atoms with E-state index in [0.717, 1.165) is 20.9 Å². The molecule has 0 aromatic heterocycles. The molecule has 1 atom stereocenters. The first-order chi connectivity index (χ1) is 8.02. The molecule has 0 bridgehead atoms. The fourth-order valence-electron chi connectivity index (χ4n) is 1.60. The quantitative estimate of drug-likeness (QED) is 0.581. The van der Waals surface area contributed by atoms with Crippen LogP contribution in [-0.4, -0.2) is 17.3 Å². The van der Waals surface area contributed by atoms with Crippen molar-refractivity contribution < 1.29 is 4.79 Å². The Morgan fingerprint density at radius 1 is 1.35 bits per heavy atom. The van der Waals surface area contributed by atoms with E-state index in [0.29, 0.717) is 5.92 Å². The summed E-state index contributed by atoms with van der Waals surface area (Å²) in [6.07, 6.45) is 0.987. The average Bonchev–Trinajstić information content (AvgIpc) is 2.28. The third-order valence-corrected chi connectivity index (χ3v) is 3.88. The van der Waals surface area contributed by atoms with Crippen molar-refractivity contribution in [1.82, 2.24) is 5.32 Å². The molecule has 1 rings (SSSR count). The second-order valence-corrected chi connectivity index (χ2v) is 6.35. The van der Waals surface area contributed by atoms with E-state index in [1.165, 1.54) is 0 Å². The molecule has 1 N–H and O–H groups in total. The molecule has 94 valence electrons. The van der Waals surface area contributed by atoms with Gasteiger partial charge < -0.3 is 5.32 Å². The lowest BCUT2D eigenvalue weighted by Gasteiger charge is -2.18. The van der Waals surface area contributed by atoms with Crippen LogP contribution in [0.3, 0.4) is 0 Å². The van der Waals surface area contributed by atoms with Gasteiger partial charge in [0.15, 0.2) is 0 Å². The SMILES string of the molecule is CC(C)CC(CBr)NC(=O)c1ccc(I)cc1. The third kappa shape index (κ3) is 5.38. The lowest BCUT2D eigenvalue weighted by molar-refractivity contribution is 0.0937. The zero-order valence-electron chi connectivity index (χ0n) is 10.0. The molecule has 1 unspecified atom stereocenters. The summed E-state index contributed by atoms with van der Waals surface area (Å²) >= 11 is 5.67. The van der Waals surface area contributed by atoms with Crippen LogP contribution in [0.5, 0.6) is 0 Å². The Morgan fingerprint density at radius 3 is 2.41 bits per heavy atom. The van der Waals surface area contributed by atoms with Gasteiger partial charge in [0, 0.05) is 20.5 Å². The lowest BCUT2D eigenvalue weighted by atomic mass is 10.0. The van der Waals surface area contributed by atoms with Gasteiger partial charge in [-0.25, -0.2) is 0 Å². The Labute approximate surface area is 125 Å². The minimum Gasteiger partial charge on any atom is -0.348 e. The molecule has 0 heterocycles. The minimum atomic E-state index is 0.00602. The number of nitrogens with one attached hydrogen (secondary N) is 1. The third-order valence-electron chi connectivity index (χ3n) is 2.38. The highest BCUT2D eigenvalue weighted by atomic mass is 127. The van der Waals surface area contributed by atoms with Crippen molar-refractivity contribution in [2.75, 3.05) is 5.33 Å². The predicted octanol–water partition coefficient (Wildman–Crippen LogP) is 3.83. The highest BCUT2D eigenvalue weighted by Crippen LogP contribution is 2.10. The van der Waals surface area contributed by atoms with Crippen molar-refractivity contribution in [3.05, 3.63) is 33.4 Å². The number of hydrogen-bond acceptors (Lipinski definition) is 1. The van der Waals surface area contributed by atoms with Gasteiger partial charge in [0.1, 0.15) is 0 Å². The Balaban J connectivity index is 2.61. The van der Waals surface area contributed by atoms with E-state index in [2.05, 4.69) is 57.7 Å². The van der Waals surface area contributed by atoms with Gasteiger partial charge in [-0.15, -0.1) is 0 Å². The molecule has 1 amide bonds. The maximum Gasteiger partial charge on any atom is 0.251 e. The second-order valence-electron chi connectivity index (χ2n) is 4.46. The van der Waals surface area contributed by atoms with Gasteiger partial charge in [0.05, 0.1) is 0 Å². The number of alkyl halides is 1. The van der Waals surface area contributed by atoms with Gasteiger partial charge in [-0.2, -0.15) is 0 Å². The van der Waals surface area contributed by atoms with Gasteiger partial charge in [-0.3, -0.25) is 4.79 Å². The van der Waals surface area contributed by atoms with Crippen LogP contribution in [0.25, 0.3) is 0 Å². The number of carbonyl (C=O) groups excluding carboxylic acids is 1. The number of amides is 1. The summed E-state index contributed by atoms with van der Waals surface area (Å²) in [7, 11) is 0. The molecule has 0 aliphatic rings. The molecule has 1 aromatic rings. The Bertz CT molecular complexity index is 364. The molecule has 0 saturated heterocycles. The maximum absolute atomic E-state index is 12.0. The van der Waals surface area contributed by atoms with Crippen LogP contribution in [0.1, 0.15) is 30.6 Å². The van der Waals surface area contributed by atoms with Crippen molar-refractivity contribution in [2.24, 2.45) is 5.92 Å². The summed E-state index contributed by atoms with van der Waals surface area (Å²) in [6, 6.07) is 7.80. The monoisotopic (exact) mass is 409 g/mol. The van der Waals surface area contributed by atoms with Gasteiger partial charge in [0.2, 0.25) is 0 Å². The van der Waals surface area contributed by atoms with E-state index in [9.17, 15) is 4.79 Å². The maximum atomic E-state index is 12.0. The number of hydrogen-bond donors (Lipinski definition) is 1. The fraction of sp³-hybridized carbons (Fsp3) is 0.462. The molecule has 0 spiro atoms.